The van der Waals surface area contributed by atoms with E-state index in [9.17, 15) is 0 Å². The molecule has 0 bridgehead atoms. The number of fused-ring (bicyclic) bond motifs is 1. The zero-order valence-corrected chi connectivity index (χ0v) is 11.6. The first-order chi connectivity index (χ1) is 9.10. The number of hydrogen-bond donors (Lipinski definition) is 3. The fourth-order valence-electron chi connectivity index (χ4n) is 2.67. The van der Waals surface area contributed by atoms with Crippen LogP contribution < -0.4 is 5.73 Å². The lowest BCUT2D eigenvalue weighted by atomic mass is 10.1. The normalized spacial score (nSPS) is 11.4. The second kappa shape index (κ2) is 4.28. The molecule has 0 atom stereocenters. The minimum Gasteiger partial charge on any atom is -0.357 e. The third kappa shape index (κ3) is 1.87. The predicted molar refractivity (Wildman–Crippen MR) is 80.2 cm³/mol. The predicted octanol–water partition coefficient (Wildman–Crippen LogP) is 3.55. The third-order valence-electron chi connectivity index (χ3n) is 3.83. The summed E-state index contributed by atoms with van der Waals surface area (Å²) in [6.07, 6.45) is 0. The Bertz CT molecular complexity index is 747. The van der Waals surface area contributed by atoms with Gasteiger partial charge in [-0.15, -0.1) is 0 Å². The van der Waals surface area contributed by atoms with Crippen molar-refractivity contribution in [1.82, 2.24) is 9.97 Å². The van der Waals surface area contributed by atoms with Crippen LogP contribution in [0.3, 0.4) is 0 Å². The lowest BCUT2D eigenvalue weighted by Crippen LogP contribution is -1.95. The summed E-state index contributed by atoms with van der Waals surface area (Å²) in [4.78, 5) is 6.93. The lowest BCUT2D eigenvalue weighted by Gasteiger charge is -1.96. The number of nitrogens with two attached hydrogens (primary N) is 1. The van der Waals surface area contributed by atoms with E-state index in [4.69, 9.17) is 5.73 Å². The van der Waals surface area contributed by atoms with Gasteiger partial charge in [0.2, 0.25) is 0 Å². The Morgan fingerprint density at radius 1 is 1.05 bits per heavy atom. The molecule has 0 aliphatic rings. The van der Waals surface area contributed by atoms with Crippen molar-refractivity contribution in [2.45, 2.75) is 27.3 Å². The molecule has 3 heteroatoms. The Labute approximate surface area is 112 Å². The van der Waals surface area contributed by atoms with Crippen LogP contribution in [0, 0.1) is 20.8 Å². The van der Waals surface area contributed by atoms with Crippen molar-refractivity contribution in [3.63, 3.8) is 0 Å². The largest absolute Gasteiger partial charge is 0.357 e. The maximum Gasteiger partial charge on any atom is 0.0660 e. The van der Waals surface area contributed by atoms with Gasteiger partial charge in [0.1, 0.15) is 0 Å². The van der Waals surface area contributed by atoms with Crippen LogP contribution in [0.5, 0.6) is 0 Å². The summed E-state index contributed by atoms with van der Waals surface area (Å²) in [6.45, 7) is 6.90. The number of nitrogens with one attached hydrogen (secondary N) is 2. The van der Waals surface area contributed by atoms with Crippen LogP contribution >= 0.6 is 0 Å². The Kier molecular flexibility index (Phi) is 2.72. The highest BCUT2D eigenvalue weighted by atomic mass is 14.8. The van der Waals surface area contributed by atoms with Crippen molar-refractivity contribution in [3.05, 3.63) is 46.6 Å². The summed E-state index contributed by atoms with van der Waals surface area (Å²) in [7, 11) is 0. The van der Waals surface area contributed by atoms with Gasteiger partial charge in [-0.05, 0) is 49.6 Å². The molecule has 4 N–H and O–H groups in total. The first-order valence-electron chi connectivity index (χ1n) is 6.58. The second-order valence-corrected chi connectivity index (χ2v) is 5.21. The maximum atomic E-state index is 5.74. The summed E-state index contributed by atoms with van der Waals surface area (Å²) in [5.41, 5.74) is 14.1. The highest BCUT2D eigenvalue weighted by molar-refractivity contribution is 5.90. The van der Waals surface area contributed by atoms with Crippen molar-refractivity contribution >= 4 is 10.9 Å². The van der Waals surface area contributed by atoms with E-state index in [1.165, 1.54) is 27.6 Å². The number of aryl methyl sites for hydroxylation is 3. The van der Waals surface area contributed by atoms with E-state index < -0.39 is 0 Å². The molecule has 19 heavy (non-hydrogen) atoms. The molecule has 0 saturated carbocycles. The molecule has 3 aromatic rings. The van der Waals surface area contributed by atoms with E-state index in [2.05, 4.69) is 55.0 Å². The fraction of sp³-hybridized carbons (Fsp3) is 0.250. The van der Waals surface area contributed by atoms with Crippen LogP contribution in [-0.4, -0.2) is 9.97 Å². The van der Waals surface area contributed by atoms with Crippen LogP contribution in [0.15, 0.2) is 24.3 Å². The maximum absolute atomic E-state index is 5.74. The van der Waals surface area contributed by atoms with Crippen molar-refractivity contribution in [2.75, 3.05) is 0 Å². The van der Waals surface area contributed by atoms with Gasteiger partial charge in [-0.3, -0.25) is 0 Å². The van der Waals surface area contributed by atoms with Gasteiger partial charge in [0, 0.05) is 23.1 Å². The Morgan fingerprint density at radius 3 is 2.53 bits per heavy atom. The molecule has 0 saturated heterocycles. The van der Waals surface area contributed by atoms with Gasteiger partial charge in [0.25, 0.3) is 0 Å². The van der Waals surface area contributed by atoms with E-state index in [-0.39, 0.29) is 0 Å². The van der Waals surface area contributed by atoms with Crippen LogP contribution in [0.25, 0.3) is 22.3 Å². The Balaban J connectivity index is 2.21. The average molecular weight is 253 g/mol. The standard InChI is InChI=1S/C16H19N3/c1-9-4-5-13-10(2)16(19-14(13)6-9)15-7-12(8-17)11(3)18-15/h4-7,18-19H,8,17H2,1-3H3. The van der Waals surface area contributed by atoms with Crippen LogP contribution in [0.4, 0.5) is 0 Å². The Hall–Kier alpha value is -2.00. The van der Waals surface area contributed by atoms with Gasteiger partial charge < -0.3 is 15.7 Å². The Morgan fingerprint density at radius 2 is 1.84 bits per heavy atom. The molecule has 0 radical (unpaired) electrons. The smallest absolute Gasteiger partial charge is 0.0660 e. The lowest BCUT2D eigenvalue weighted by molar-refractivity contribution is 1.04. The number of aromatic amines is 2. The molecule has 0 fully saturated rings. The zero-order valence-electron chi connectivity index (χ0n) is 11.6. The van der Waals surface area contributed by atoms with E-state index in [1.54, 1.807) is 0 Å². The van der Waals surface area contributed by atoms with Gasteiger partial charge in [-0.1, -0.05) is 12.1 Å². The highest BCUT2D eigenvalue weighted by Gasteiger charge is 2.12. The van der Waals surface area contributed by atoms with E-state index in [1.807, 2.05) is 0 Å². The molecule has 0 spiro atoms. The molecule has 0 aliphatic heterocycles. The fourth-order valence-corrected chi connectivity index (χ4v) is 2.67. The molecule has 3 nitrogen and oxygen atoms in total. The van der Waals surface area contributed by atoms with Gasteiger partial charge in [-0.25, -0.2) is 0 Å². The molecular formula is C16H19N3. The minimum atomic E-state index is 0.570. The number of aromatic nitrogens is 2. The first kappa shape index (κ1) is 12.1. The van der Waals surface area contributed by atoms with Gasteiger partial charge >= 0.3 is 0 Å². The summed E-state index contributed by atoms with van der Waals surface area (Å²) < 4.78 is 0. The van der Waals surface area contributed by atoms with Gasteiger partial charge in [0.05, 0.1) is 11.4 Å². The summed E-state index contributed by atoms with van der Waals surface area (Å²) >= 11 is 0. The molecule has 0 amide bonds. The summed E-state index contributed by atoms with van der Waals surface area (Å²) in [6, 6.07) is 8.66. The average Bonchev–Trinajstić information content (AvgIpc) is 2.90. The van der Waals surface area contributed by atoms with Crippen LogP contribution in [-0.2, 0) is 6.54 Å². The number of benzene rings is 1. The topological polar surface area (TPSA) is 57.6 Å². The van der Waals surface area contributed by atoms with Crippen molar-refractivity contribution in [2.24, 2.45) is 5.73 Å². The second-order valence-electron chi connectivity index (χ2n) is 5.21. The first-order valence-corrected chi connectivity index (χ1v) is 6.58. The van der Waals surface area contributed by atoms with Crippen molar-refractivity contribution in [1.29, 1.82) is 0 Å². The van der Waals surface area contributed by atoms with Gasteiger partial charge in [-0.2, -0.15) is 0 Å². The molecule has 2 heterocycles. The minimum absolute atomic E-state index is 0.570. The summed E-state index contributed by atoms with van der Waals surface area (Å²) in [5, 5.41) is 1.28. The summed E-state index contributed by atoms with van der Waals surface area (Å²) in [5.74, 6) is 0. The zero-order chi connectivity index (χ0) is 13.6. The molecule has 2 aromatic heterocycles. The van der Waals surface area contributed by atoms with E-state index in [0.29, 0.717) is 6.54 Å². The van der Waals surface area contributed by atoms with Crippen LogP contribution in [0.1, 0.15) is 22.4 Å². The number of hydrogen-bond acceptors (Lipinski definition) is 1. The van der Waals surface area contributed by atoms with Gasteiger partial charge in [0.15, 0.2) is 0 Å². The quantitative estimate of drug-likeness (QED) is 0.642. The van der Waals surface area contributed by atoms with Crippen LogP contribution in [0.2, 0.25) is 0 Å². The highest BCUT2D eigenvalue weighted by Crippen LogP contribution is 2.30. The number of rotatable bonds is 2. The van der Waals surface area contributed by atoms with E-state index >= 15 is 0 Å². The molecule has 98 valence electrons. The third-order valence-corrected chi connectivity index (χ3v) is 3.83. The van der Waals surface area contributed by atoms with Crippen molar-refractivity contribution < 1.29 is 0 Å². The molecular weight excluding hydrogens is 234 g/mol. The van der Waals surface area contributed by atoms with Crippen molar-refractivity contribution in [3.8, 4) is 11.4 Å². The number of H-pyrrole nitrogens is 2. The molecule has 0 unspecified atom stereocenters. The molecule has 1 aromatic carbocycles. The monoisotopic (exact) mass is 253 g/mol. The molecule has 3 rings (SSSR count). The van der Waals surface area contributed by atoms with E-state index in [0.717, 1.165) is 17.1 Å². The SMILES string of the molecule is Cc1ccc2c(C)c(-c3cc(CN)c(C)[nH]3)[nH]c2c1. The molecule has 0 aliphatic carbocycles.